The van der Waals surface area contributed by atoms with Crippen LogP contribution in [0.5, 0.6) is 0 Å². The number of unbranched alkanes of at least 4 members (excludes halogenated alkanes) is 1. The van der Waals surface area contributed by atoms with E-state index in [1.807, 2.05) is 0 Å². The van der Waals surface area contributed by atoms with Gasteiger partial charge in [-0.25, -0.2) is 8.78 Å². The second kappa shape index (κ2) is 7.59. The average molecular weight is 302 g/mol. The Morgan fingerprint density at radius 2 is 0.955 bits per heavy atom. The third kappa shape index (κ3) is 4.58. The van der Waals surface area contributed by atoms with E-state index in [2.05, 4.69) is 0 Å². The van der Waals surface area contributed by atoms with Crippen LogP contribution in [0, 0.1) is 11.6 Å². The predicted molar refractivity (Wildman–Crippen MR) is 79.9 cm³/mol. The zero-order valence-electron chi connectivity index (χ0n) is 12.0. The molecule has 0 saturated heterocycles. The number of benzene rings is 2. The van der Waals surface area contributed by atoms with Gasteiger partial charge in [0.05, 0.1) is 0 Å². The Morgan fingerprint density at radius 1 is 0.636 bits per heavy atom. The zero-order chi connectivity index (χ0) is 15.9. The Balaban J connectivity index is 1.74. The predicted octanol–water partition coefficient (Wildman–Crippen LogP) is 4.59. The first-order valence-corrected chi connectivity index (χ1v) is 7.14. The van der Waals surface area contributed by atoms with Crippen molar-refractivity contribution in [3.63, 3.8) is 0 Å². The SMILES string of the molecule is O=C(CCCCC(=O)c1ccc(F)cc1)c1ccc(F)cc1. The van der Waals surface area contributed by atoms with E-state index in [1.54, 1.807) is 0 Å². The molecule has 0 fully saturated rings. The number of carbonyl (C=O) groups is 2. The van der Waals surface area contributed by atoms with Crippen LogP contribution in [0.1, 0.15) is 46.4 Å². The minimum atomic E-state index is -0.374. The minimum absolute atomic E-state index is 0.0609. The van der Waals surface area contributed by atoms with Gasteiger partial charge in [-0.05, 0) is 61.4 Å². The highest BCUT2D eigenvalue weighted by Crippen LogP contribution is 2.12. The molecule has 2 aromatic carbocycles. The summed E-state index contributed by atoms with van der Waals surface area (Å²) in [6.07, 6.45) is 1.82. The molecule has 2 aromatic rings. The van der Waals surface area contributed by atoms with Gasteiger partial charge in [0.2, 0.25) is 0 Å². The standard InChI is InChI=1S/C18H16F2O2/c19-15-9-5-13(6-10-15)17(21)3-1-2-4-18(22)14-7-11-16(20)12-8-14/h5-12H,1-4H2. The van der Waals surface area contributed by atoms with Crippen molar-refractivity contribution in [3.05, 3.63) is 71.3 Å². The third-order valence-corrected chi connectivity index (χ3v) is 3.39. The van der Waals surface area contributed by atoms with Gasteiger partial charge in [-0.15, -0.1) is 0 Å². The summed E-state index contributed by atoms with van der Waals surface area (Å²) in [6, 6.07) is 10.9. The highest BCUT2D eigenvalue weighted by Gasteiger charge is 2.08. The van der Waals surface area contributed by atoms with E-state index in [4.69, 9.17) is 0 Å². The minimum Gasteiger partial charge on any atom is -0.294 e. The number of halogens is 2. The monoisotopic (exact) mass is 302 g/mol. The van der Waals surface area contributed by atoms with Gasteiger partial charge < -0.3 is 0 Å². The summed E-state index contributed by atoms with van der Waals surface area (Å²) in [6.45, 7) is 0. The molecule has 0 radical (unpaired) electrons. The van der Waals surface area contributed by atoms with Crippen LogP contribution in [-0.4, -0.2) is 11.6 Å². The van der Waals surface area contributed by atoms with E-state index in [0.717, 1.165) is 0 Å². The Morgan fingerprint density at radius 3 is 1.27 bits per heavy atom. The van der Waals surface area contributed by atoms with Crippen molar-refractivity contribution < 1.29 is 18.4 Å². The molecule has 0 aromatic heterocycles. The fraction of sp³-hybridized carbons (Fsp3) is 0.222. The van der Waals surface area contributed by atoms with Crippen LogP contribution in [0.4, 0.5) is 8.78 Å². The number of hydrogen-bond donors (Lipinski definition) is 0. The van der Waals surface area contributed by atoms with Crippen LogP contribution in [-0.2, 0) is 0 Å². The Bertz CT molecular complexity index is 586. The molecule has 2 nitrogen and oxygen atoms in total. The molecular weight excluding hydrogens is 286 g/mol. The quantitative estimate of drug-likeness (QED) is 0.553. The third-order valence-electron chi connectivity index (χ3n) is 3.39. The molecular formula is C18H16F2O2. The molecule has 0 unspecified atom stereocenters. The second-order valence-corrected chi connectivity index (χ2v) is 5.07. The summed E-state index contributed by atoms with van der Waals surface area (Å²) in [7, 11) is 0. The normalized spacial score (nSPS) is 10.5. The van der Waals surface area contributed by atoms with E-state index in [-0.39, 0.29) is 23.2 Å². The molecule has 0 heterocycles. The lowest BCUT2D eigenvalue weighted by molar-refractivity contribution is 0.0954. The smallest absolute Gasteiger partial charge is 0.162 e. The maximum Gasteiger partial charge on any atom is 0.162 e. The van der Waals surface area contributed by atoms with E-state index in [9.17, 15) is 18.4 Å². The fourth-order valence-electron chi connectivity index (χ4n) is 2.13. The van der Waals surface area contributed by atoms with Crippen molar-refractivity contribution in [1.82, 2.24) is 0 Å². The van der Waals surface area contributed by atoms with E-state index < -0.39 is 0 Å². The topological polar surface area (TPSA) is 34.1 Å². The molecule has 0 aliphatic heterocycles. The molecule has 0 spiro atoms. The van der Waals surface area contributed by atoms with E-state index in [0.29, 0.717) is 36.8 Å². The lowest BCUT2D eigenvalue weighted by Crippen LogP contribution is -2.02. The second-order valence-electron chi connectivity index (χ2n) is 5.07. The van der Waals surface area contributed by atoms with Crippen LogP contribution in [0.2, 0.25) is 0 Å². The van der Waals surface area contributed by atoms with Gasteiger partial charge in [-0.3, -0.25) is 9.59 Å². The van der Waals surface area contributed by atoms with Crippen molar-refractivity contribution in [2.24, 2.45) is 0 Å². The largest absolute Gasteiger partial charge is 0.294 e. The lowest BCUT2D eigenvalue weighted by Gasteiger charge is -2.02. The van der Waals surface area contributed by atoms with Crippen molar-refractivity contribution in [1.29, 1.82) is 0 Å². The highest BCUT2D eigenvalue weighted by molar-refractivity contribution is 5.97. The summed E-state index contributed by atoms with van der Waals surface area (Å²) in [5.41, 5.74) is 0.956. The Kier molecular flexibility index (Phi) is 5.53. The van der Waals surface area contributed by atoms with Crippen molar-refractivity contribution in [2.45, 2.75) is 25.7 Å². The summed E-state index contributed by atoms with van der Waals surface area (Å²) in [4.78, 5) is 23.7. The first kappa shape index (κ1) is 16.0. The zero-order valence-corrected chi connectivity index (χ0v) is 12.0. The maximum absolute atomic E-state index is 12.8. The summed E-state index contributed by atoms with van der Waals surface area (Å²) in [5, 5.41) is 0. The number of rotatable bonds is 7. The van der Waals surface area contributed by atoms with Gasteiger partial charge in [0, 0.05) is 24.0 Å². The van der Waals surface area contributed by atoms with Crippen molar-refractivity contribution >= 4 is 11.6 Å². The molecule has 0 saturated carbocycles. The average Bonchev–Trinajstić information content (AvgIpc) is 2.52. The summed E-state index contributed by atoms with van der Waals surface area (Å²) < 4.78 is 25.5. The van der Waals surface area contributed by atoms with Crippen LogP contribution < -0.4 is 0 Å². The molecule has 0 N–H and O–H groups in total. The highest BCUT2D eigenvalue weighted by atomic mass is 19.1. The molecule has 0 aliphatic carbocycles. The van der Waals surface area contributed by atoms with Gasteiger partial charge in [0.15, 0.2) is 11.6 Å². The molecule has 2 rings (SSSR count). The van der Waals surface area contributed by atoms with Crippen LogP contribution in [0.3, 0.4) is 0 Å². The summed E-state index contributed by atoms with van der Waals surface area (Å²) >= 11 is 0. The summed E-state index contributed by atoms with van der Waals surface area (Å²) in [5.74, 6) is -0.869. The van der Waals surface area contributed by atoms with Crippen LogP contribution in [0.15, 0.2) is 48.5 Å². The number of Topliss-reactive ketones (excluding diaryl/α,β-unsaturated/α-hetero) is 2. The molecule has 0 bridgehead atoms. The van der Waals surface area contributed by atoms with Gasteiger partial charge in [0.25, 0.3) is 0 Å². The molecule has 4 heteroatoms. The van der Waals surface area contributed by atoms with Gasteiger partial charge in [0.1, 0.15) is 11.6 Å². The molecule has 0 amide bonds. The molecule has 22 heavy (non-hydrogen) atoms. The number of carbonyl (C=O) groups excluding carboxylic acids is 2. The van der Waals surface area contributed by atoms with Crippen molar-refractivity contribution in [2.75, 3.05) is 0 Å². The maximum atomic E-state index is 12.8. The van der Waals surface area contributed by atoms with Gasteiger partial charge >= 0.3 is 0 Å². The number of hydrogen-bond acceptors (Lipinski definition) is 2. The van der Waals surface area contributed by atoms with Gasteiger partial charge in [-0.1, -0.05) is 0 Å². The lowest BCUT2D eigenvalue weighted by atomic mass is 10.0. The van der Waals surface area contributed by atoms with E-state index in [1.165, 1.54) is 48.5 Å². The van der Waals surface area contributed by atoms with Crippen molar-refractivity contribution in [3.8, 4) is 0 Å². The Labute approximate surface area is 127 Å². The Hall–Kier alpha value is -2.36. The molecule has 0 aliphatic rings. The van der Waals surface area contributed by atoms with Crippen LogP contribution >= 0.6 is 0 Å². The first-order chi connectivity index (χ1) is 10.6. The first-order valence-electron chi connectivity index (χ1n) is 7.14. The van der Waals surface area contributed by atoms with Crippen LogP contribution in [0.25, 0.3) is 0 Å². The van der Waals surface area contributed by atoms with E-state index >= 15 is 0 Å². The fourth-order valence-corrected chi connectivity index (χ4v) is 2.13. The molecule has 0 atom stereocenters. The molecule has 114 valence electrons. The number of ketones is 2. The van der Waals surface area contributed by atoms with Gasteiger partial charge in [-0.2, -0.15) is 0 Å².